The van der Waals surface area contributed by atoms with Gasteiger partial charge in [-0.2, -0.15) is 0 Å². The van der Waals surface area contributed by atoms with Gasteiger partial charge >= 0.3 is 0 Å². The Kier molecular flexibility index (Phi) is 5.93. The Labute approximate surface area is 127 Å². The van der Waals surface area contributed by atoms with Crippen LogP contribution in [0, 0.1) is 5.82 Å². The Balaban J connectivity index is 1.92. The number of aliphatic hydroxyl groups is 1. The van der Waals surface area contributed by atoms with Crippen molar-refractivity contribution in [2.75, 3.05) is 39.5 Å². The van der Waals surface area contributed by atoms with E-state index in [1.165, 1.54) is 12.1 Å². The Morgan fingerprint density at radius 1 is 1.48 bits per heavy atom. The second kappa shape index (κ2) is 7.70. The minimum atomic E-state index is -0.547. The average molecular weight is 317 g/mol. The smallest absolute Gasteiger partial charge is 0.236 e. The number of amides is 1. The van der Waals surface area contributed by atoms with Crippen LogP contribution in [-0.2, 0) is 9.53 Å². The minimum Gasteiger partial charge on any atom is -0.394 e. The summed E-state index contributed by atoms with van der Waals surface area (Å²) in [7, 11) is 0. The van der Waals surface area contributed by atoms with Gasteiger partial charge in [-0.1, -0.05) is 17.7 Å². The van der Waals surface area contributed by atoms with E-state index in [9.17, 15) is 14.3 Å². The van der Waals surface area contributed by atoms with Crippen molar-refractivity contribution in [2.45, 2.75) is 6.04 Å². The molecule has 1 heterocycles. The number of ether oxygens (including phenoxy) is 1. The number of morpholine rings is 1. The second-order valence-corrected chi connectivity index (χ2v) is 5.19. The second-order valence-electron chi connectivity index (χ2n) is 4.78. The maximum Gasteiger partial charge on any atom is 0.236 e. The van der Waals surface area contributed by atoms with Crippen LogP contribution in [0.15, 0.2) is 18.2 Å². The van der Waals surface area contributed by atoms with Gasteiger partial charge in [-0.3, -0.25) is 10.1 Å². The number of rotatable bonds is 5. The van der Waals surface area contributed by atoms with Crippen LogP contribution >= 0.6 is 11.6 Å². The van der Waals surface area contributed by atoms with Gasteiger partial charge in [0.2, 0.25) is 5.91 Å². The molecule has 0 spiro atoms. The van der Waals surface area contributed by atoms with Crippen LogP contribution in [-0.4, -0.2) is 55.4 Å². The summed E-state index contributed by atoms with van der Waals surface area (Å²) < 4.78 is 18.6. The molecule has 7 heteroatoms. The highest BCUT2D eigenvalue weighted by Crippen LogP contribution is 2.20. The zero-order valence-electron chi connectivity index (χ0n) is 11.5. The van der Waals surface area contributed by atoms with E-state index in [2.05, 4.69) is 5.32 Å². The molecular weight excluding hydrogens is 299 g/mol. The number of nitrogens with zero attached hydrogens (tertiary/aromatic N) is 1. The van der Waals surface area contributed by atoms with Crippen molar-refractivity contribution in [1.82, 2.24) is 10.2 Å². The maximum atomic E-state index is 13.4. The van der Waals surface area contributed by atoms with Gasteiger partial charge in [-0.15, -0.1) is 0 Å². The molecular formula is C14H18ClFN2O3. The number of hydrogen-bond donors (Lipinski definition) is 2. The number of hydrogen-bond acceptors (Lipinski definition) is 4. The topological polar surface area (TPSA) is 61.8 Å². The number of halogens is 2. The number of carbonyl (C=O) groups is 1. The fourth-order valence-electron chi connectivity index (χ4n) is 2.15. The summed E-state index contributed by atoms with van der Waals surface area (Å²) in [5.74, 6) is -0.611. The van der Waals surface area contributed by atoms with Crippen molar-refractivity contribution < 1.29 is 19.0 Å². The molecule has 1 aromatic carbocycles. The van der Waals surface area contributed by atoms with Crippen molar-refractivity contribution in [3.63, 3.8) is 0 Å². The zero-order valence-corrected chi connectivity index (χ0v) is 12.3. The first-order valence-electron chi connectivity index (χ1n) is 6.76. The monoisotopic (exact) mass is 316 g/mol. The first-order valence-corrected chi connectivity index (χ1v) is 7.14. The first kappa shape index (κ1) is 16.2. The molecule has 2 rings (SSSR count). The van der Waals surface area contributed by atoms with E-state index in [0.29, 0.717) is 31.9 Å². The molecule has 1 aromatic rings. The van der Waals surface area contributed by atoms with Gasteiger partial charge in [0.1, 0.15) is 5.82 Å². The van der Waals surface area contributed by atoms with Crippen LogP contribution < -0.4 is 5.32 Å². The van der Waals surface area contributed by atoms with Crippen LogP contribution in [0.25, 0.3) is 0 Å². The summed E-state index contributed by atoms with van der Waals surface area (Å²) in [6.45, 7) is 2.06. The highest BCUT2D eigenvalue weighted by Gasteiger charge is 2.19. The van der Waals surface area contributed by atoms with Crippen molar-refractivity contribution in [1.29, 1.82) is 0 Å². The summed E-state index contributed by atoms with van der Waals surface area (Å²) in [6, 6.07) is 3.80. The molecule has 0 aliphatic carbocycles. The highest BCUT2D eigenvalue weighted by molar-refractivity contribution is 6.30. The maximum absolute atomic E-state index is 13.4. The zero-order chi connectivity index (χ0) is 15.2. The molecule has 21 heavy (non-hydrogen) atoms. The minimum absolute atomic E-state index is 0.0276. The van der Waals surface area contributed by atoms with E-state index in [0.717, 1.165) is 0 Å². The van der Waals surface area contributed by atoms with Gasteiger partial charge in [-0.25, -0.2) is 4.39 Å². The molecule has 1 aliphatic heterocycles. The lowest BCUT2D eigenvalue weighted by Crippen LogP contribution is -2.45. The van der Waals surface area contributed by atoms with Gasteiger partial charge in [0, 0.05) is 13.1 Å². The van der Waals surface area contributed by atoms with Crippen molar-refractivity contribution in [2.24, 2.45) is 0 Å². The number of aliphatic hydroxyl groups excluding tert-OH is 1. The fourth-order valence-corrected chi connectivity index (χ4v) is 2.27. The van der Waals surface area contributed by atoms with Crippen LogP contribution in [0.5, 0.6) is 0 Å². The molecule has 116 valence electrons. The third-order valence-corrected chi connectivity index (χ3v) is 3.70. The Bertz CT molecular complexity index is 495. The van der Waals surface area contributed by atoms with Gasteiger partial charge in [0.05, 0.1) is 37.4 Å². The average Bonchev–Trinajstić information content (AvgIpc) is 2.52. The molecule has 0 aromatic heterocycles. The molecule has 0 unspecified atom stereocenters. The van der Waals surface area contributed by atoms with E-state index in [-0.39, 0.29) is 24.1 Å². The van der Waals surface area contributed by atoms with Crippen LogP contribution in [0.4, 0.5) is 4.39 Å². The Morgan fingerprint density at radius 3 is 2.81 bits per heavy atom. The van der Waals surface area contributed by atoms with Crippen LogP contribution in [0.3, 0.4) is 0 Å². The number of carbonyl (C=O) groups excluding carboxylic acids is 1. The Morgan fingerprint density at radius 2 is 2.19 bits per heavy atom. The summed E-state index contributed by atoms with van der Waals surface area (Å²) in [5, 5.41) is 12.4. The summed E-state index contributed by atoms with van der Waals surface area (Å²) >= 11 is 5.63. The fraction of sp³-hybridized carbons (Fsp3) is 0.500. The molecule has 1 amide bonds. The molecule has 0 saturated carbocycles. The van der Waals surface area contributed by atoms with E-state index < -0.39 is 11.9 Å². The largest absolute Gasteiger partial charge is 0.394 e. The van der Waals surface area contributed by atoms with Crippen molar-refractivity contribution >= 4 is 17.5 Å². The van der Waals surface area contributed by atoms with Gasteiger partial charge in [0.25, 0.3) is 0 Å². The Hall–Kier alpha value is -1.21. The molecule has 5 nitrogen and oxygen atoms in total. The molecule has 1 atom stereocenters. The summed E-state index contributed by atoms with van der Waals surface area (Å²) in [5.41, 5.74) is 0.550. The third kappa shape index (κ3) is 4.38. The molecule has 2 N–H and O–H groups in total. The summed E-state index contributed by atoms with van der Waals surface area (Å²) in [4.78, 5) is 13.7. The lowest BCUT2D eigenvalue weighted by atomic mass is 10.1. The number of nitrogens with one attached hydrogen (secondary N) is 1. The van der Waals surface area contributed by atoms with Crippen molar-refractivity contribution in [3.05, 3.63) is 34.6 Å². The van der Waals surface area contributed by atoms with E-state index in [1.807, 2.05) is 0 Å². The lowest BCUT2D eigenvalue weighted by Gasteiger charge is -2.27. The van der Waals surface area contributed by atoms with Gasteiger partial charge in [-0.05, 0) is 17.7 Å². The van der Waals surface area contributed by atoms with E-state index >= 15 is 0 Å². The SMILES string of the molecule is O=C(CN[C@H](CO)c1ccc(Cl)c(F)c1)N1CCOCC1. The molecule has 0 radical (unpaired) electrons. The number of benzene rings is 1. The van der Waals surface area contributed by atoms with Crippen molar-refractivity contribution in [3.8, 4) is 0 Å². The molecule has 0 bridgehead atoms. The predicted octanol–water partition coefficient (Wildman–Crippen LogP) is 0.961. The van der Waals surface area contributed by atoms with E-state index in [1.54, 1.807) is 11.0 Å². The van der Waals surface area contributed by atoms with Crippen LogP contribution in [0.1, 0.15) is 11.6 Å². The van der Waals surface area contributed by atoms with Gasteiger partial charge < -0.3 is 14.7 Å². The predicted molar refractivity (Wildman–Crippen MR) is 76.6 cm³/mol. The molecule has 1 aliphatic rings. The third-order valence-electron chi connectivity index (χ3n) is 3.39. The highest BCUT2D eigenvalue weighted by atomic mass is 35.5. The summed E-state index contributed by atoms with van der Waals surface area (Å²) in [6.07, 6.45) is 0. The van der Waals surface area contributed by atoms with E-state index in [4.69, 9.17) is 16.3 Å². The van der Waals surface area contributed by atoms with Gasteiger partial charge in [0.15, 0.2) is 0 Å². The lowest BCUT2D eigenvalue weighted by molar-refractivity contribution is -0.134. The molecule has 1 saturated heterocycles. The quantitative estimate of drug-likeness (QED) is 0.849. The molecule has 1 fully saturated rings. The normalized spacial score (nSPS) is 16.8. The first-order chi connectivity index (χ1) is 10.1. The van der Waals surface area contributed by atoms with Crippen LogP contribution in [0.2, 0.25) is 5.02 Å². The standard InChI is InChI=1S/C14H18ClFN2O3/c15-11-2-1-10(7-12(11)16)13(9-19)17-8-14(20)18-3-5-21-6-4-18/h1-2,7,13,17,19H,3-6,8-9H2/t13-/m1/s1.